The molecule has 2 aromatic carbocycles. The minimum atomic E-state index is -0.329. The van der Waals surface area contributed by atoms with Crippen LogP contribution in [0.25, 0.3) is 0 Å². The number of benzene rings is 2. The van der Waals surface area contributed by atoms with Crippen LogP contribution in [0.1, 0.15) is 19.4 Å². The Balaban J connectivity index is 1.90. The molecule has 1 atom stereocenters. The van der Waals surface area contributed by atoms with E-state index in [9.17, 15) is 9.18 Å². The molecule has 2 aromatic rings. The lowest BCUT2D eigenvalue weighted by Gasteiger charge is -2.17. The quantitative estimate of drug-likeness (QED) is 0.448. The fourth-order valence-corrected chi connectivity index (χ4v) is 2.57. The first kappa shape index (κ1) is 24.0. The Bertz CT molecular complexity index is 873. The Kier molecular flexibility index (Phi) is 9.61. The number of likely N-dealkylation sites (N-methyl/N-ethyl adjacent to an activating group) is 1. The molecule has 0 aliphatic rings. The Labute approximate surface area is 183 Å². The van der Waals surface area contributed by atoms with E-state index in [-0.39, 0.29) is 24.4 Å². The van der Waals surface area contributed by atoms with E-state index < -0.39 is 0 Å². The summed E-state index contributed by atoms with van der Waals surface area (Å²) in [5.41, 5.74) is 0.955. The third kappa shape index (κ3) is 8.94. The molecule has 7 nitrogen and oxygen atoms in total. The molecule has 0 heterocycles. The van der Waals surface area contributed by atoms with Gasteiger partial charge in [0.05, 0.1) is 13.1 Å². The fourth-order valence-electron chi connectivity index (χ4n) is 2.57. The Morgan fingerprint density at radius 3 is 2.58 bits per heavy atom. The number of hydrogen-bond acceptors (Lipinski definition) is 4. The Hall–Kier alpha value is -3.29. The first-order valence-electron chi connectivity index (χ1n) is 10.2. The molecule has 8 heteroatoms. The maximum absolute atomic E-state index is 13.3. The van der Waals surface area contributed by atoms with E-state index in [1.165, 1.54) is 17.0 Å². The average Bonchev–Trinajstić information content (AvgIpc) is 2.74. The van der Waals surface area contributed by atoms with Gasteiger partial charge in [-0.05, 0) is 43.7 Å². The highest BCUT2D eigenvalue weighted by Gasteiger charge is 2.08. The lowest BCUT2D eigenvalue weighted by molar-refractivity contribution is -0.130. The Morgan fingerprint density at radius 2 is 1.87 bits per heavy atom. The number of rotatable bonds is 10. The van der Waals surface area contributed by atoms with Crippen molar-refractivity contribution in [2.24, 2.45) is 4.99 Å². The fraction of sp³-hybridized carbons (Fsp3) is 0.391. The molecular weight excluding hydrogens is 399 g/mol. The van der Waals surface area contributed by atoms with Gasteiger partial charge in [0, 0.05) is 26.7 Å². The largest absolute Gasteiger partial charge is 0.489 e. The third-order valence-electron chi connectivity index (χ3n) is 4.21. The highest BCUT2D eigenvalue weighted by atomic mass is 19.1. The summed E-state index contributed by atoms with van der Waals surface area (Å²) in [6.07, 6.45) is -0.184. The second-order valence-electron chi connectivity index (χ2n) is 7.19. The molecule has 0 aliphatic carbocycles. The van der Waals surface area contributed by atoms with Gasteiger partial charge in [0.25, 0.3) is 5.91 Å². The molecule has 0 saturated heterocycles. The van der Waals surface area contributed by atoms with E-state index in [1.54, 1.807) is 26.2 Å². The maximum atomic E-state index is 13.3. The summed E-state index contributed by atoms with van der Waals surface area (Å²) < 4.78 is 24.6. The highest BCUT2D eigenvalue weighted by molar-refractivity contribution is 5.79. The van der Waals surface area contributed by atoms with Gasteiger partial charge >= 0.3 is 0 Å². The van der Waals surface area contributed by atoms with E-state index >= 15 is 0 Å². The van der Waals surface area contributed by atoms with Gasteiger partial charge < -0.3 is 25.0 Å². The van der Waals surface area contributed by atoms with Gasteiger partial charge in [-0.1, -0.05) is 18.2 Å². The highest BCUT2D eigenvalue weighted by Crippen LogP contribution is 2.15. The maximum Gasteiger partial charge on any atom is 0.259 e. The minimum absolute atomic E-state index is 0.00683. The normalized spacial score (nSPS) is 12.1. The molecule has 0 radical (unpaired) electrons. The number of guanidine groups is 1. The number of nitrogens with one attached hydrogen (secondary N) is 2. The lowest BCUT2D eigenvalue weighted by Crippen LogP contribution is -2.41. The predicted octanol–water partition coefficient (Wildman–Crippen LogP) is 2.82. The summed E-state index contributed by atoms with van der Waals surface area (Å²) in [5.74, 6) is 1.33. The van der Waals surface area contributed by atoms with E-state index in [2.05, 4.69) is 15.6 Å². The second kappa shape index (κ2) is 12.4. The SMILES string of the molecule is CCNC(=NCc1cccc(OCC(=O)N(C)C)c1)NCC(C)Oc1cccc(F)c1. The molecule has 0 fully saturated rings. The molecule has 2 N–H and O–H groups in total. The molecule has 0 spiro atoms. The molecule has 1 amide bonds. The van der Waals surface area contributed by atoms with Crippen molar-refractivity contribution in [2.45, 2.75) is 26.5 Å². The number of halogens is 1. The number of carbonyl (C=O) groups excluding carboxylic acids is 1. The summed E-state index contributed by atoms with van der Waals surface area (Å²) in [4.78, 5) is 17.8. The van der Waals surface area contributed by atoms with Crippen molar-refractivity contribution in [3.63, 3.8) is 0 Å². The zero-order valence-electron chi connectivity index (χ0n) is 18.5. The molecule has 0 bridgehead atoms. The van der Waals surface area contributed by atoms with Crippen LogP contribution in [0, 0.1) is 5.82 Å². The van der Waals surface area contributed by atoms with E-state index in [0.717, 1.165) is 5.56 Å². The summed E-state index contributed by atoms with van der Waals surface area (Å²) >= 11 is 0. The van der Waals surface area contributed by atoms with Crippen LogP contribution in [0.15, 0.2) is 53.5 Å². The van der Waals surface area contributed by atoms with Crippen molar-refractivity contribution < 1.29 is 18.7 Å². The number of amides is 1. The van der Waals surface area contributed by atoms with Gasteiger partial charge in [0.1, 0.15) is 23.4 Å². The lowest BCUT2D eigenvalue weighted by atomic mass is 10.2. The number of ether oxygens (including phenoxy) is 2. The van der Waals surface area contributed by atoms with Crippen molar-refractivity contribution in [1.82, 2.24) is 15.5 Å². The van der Waals surface area contributed by atoms with Gasteiger partial charge in [0.2, 0.25) is 0 Å². The van der Waals surface area contributed by atoms with Crippen LogP contribution in [0.3, 0.4) is 0 Å². The Morgan fingerprint density at radius 1 is 1.13 bits per heavy atom. The van der Waals surface area contributed by atoms with Crippen LogP contribution in [-0.4, -0.2) is 56.7 Å². The second-order valence-corrected chi connectivity index (χ2v) is 7.19. The van der Waals surface area contributed by atoms with Crippen LogP contribution in [-0.2, 0) is 11.3 Å². The standard InChI is InChI=1S/C23H31FN4O3/c1-5-25-23(26-14-17(2)31-21-11-7-9-19(24)13-21)27-15-18-8-6-10-20(12-18)30-16-22(29)28(3)4/h6-13,17H,5,14-16H2,1-4H3,(H2,25,26,27). The molecule has 1 unspecified atom stereocenters. The zero-order chi connectivity index (χ0) is 22.6. The van der Waals surface area contributed by atoms with Crippen LogP contribution in [0.2, 0.25) is 0 Å². The molecule has 0 saturated carbocycles. The van der Waals surface area contributed by atoms with Crippen LogP contribution in [0.4, 0.5) is 4.39 Å². The van der Waals surface area contributed by atoms with Crippen LogP contribution in [0.5, 0.6) is 11.5 Å². The third-order valence-corrected chi connectivity index (χ3v) is 4.21. The minimum Gasteiger partial charge on any atom is -0.489 e. The summed E-state index contributed by atoms with van der Waals surface area (Å²) in [7, 11) is 3.38. The smallest absolute Gasteiger partial charge is 0.259 e. The van der Waals surface area contributed by atoms with Crippen LogP contribution >= 0.6 is 0 Å². The molecule has 2 rings (SSSR count). The van der Waals surface area contributed by atoms with E-state index in [0.29, 0.717) is 37.1 Å². The number of nitrogens with zero attached hydrogens (tertiary/aromatic N) is 2. The van der Waals surface area contributed by atoms with Gasteiger partial charge in [-0.3, -0.25) is 4.79 Å². The average molecular weight is 431 g/mol. The number of carbonyl (C=O) groups is 1. The van der Waals surface area contributed by atoms with Crippen molar-refractivity contribution in [3.05, 3.63) is 59.9 Å². The van der Waals surface area contributed by atoms with Crippen LogP contribution < -0.4 is 20.1 Å². The summed E-state index contributed by atoms with van der Waals surface area (Å²) in [5, 5.41) is 6.42. The zero-order valence-corrected chi connectivity index (χ0v) is 18.5. The van der Waals surface area contributed by atoms with Crippen molar-refractivity contribution in [1.29, 1.82) is 0 Å². The van der Waals surface area contributed by atoms with Gasteiger partial charge in [0.15, 0.2) is 12.6 Å². The van der Waals surface area contributed by atoms with Crippen molar-refractivity contribution in [2.75, 3.05) is 33.8 Å². The first-order chi connectivity index (χ1) is 14.9. The molecule has 0 aliphatic heterocycles. The van der Waals surface area contributed by atoms with E-state index in [4.69, 9.17) is 9.47 Å². The molecule has 31 heavy (non-hydrogen) atoms. The monoisotopic (exact) mass is 430 g/mol. The first-order valence-corrected chi connectivity index (χ1v) is 10.2. The molecule has 0 aromatic heterocycles. The molecular formula is C23H31FN4O3. The van der Waals surface area contributed by atoms with Gasteiger partial charge in [-0.15, -0.1) is 0 Å². The summed E-state index contributed by atoms with van der Waals surface area (Å²) in [6, 6.07) is 13.6. The molecule has 168 valence electrons. The predicted molar refractivity (Wildman–Crippen MR) is 120 cm³/mol. The van der Waals surface area contributed by atoms with Crippen molar-refractivity contribution >= 4 is 11.9 Å². The topological polar surface area (TPSA) is 75.2 Å². The van der Waals surface area contributed by atoms with Gasteiger partial charge in [-0.25, -0.2) is 9.38 Å². The van der Waals surface area contributed by atoms with Gasteiger partial charge in [-0.2, -0.15) is 0 Å². The van der Waals surface area contributed by atoms with Crippen molar-refractivity contribution in [3.8, 4) is 11.5 Å². The number of hydrogen-bond donors (Lipinski definition) is 2. The number of aliphatic imine (C=N–C) groups is 1. The van der Waals surface area contributed by atoms with E-state index in [1.807, 2.05) is 38.1 Å². The summed E-state index contributed by atoms with van der Waals surface area (Å²) in [6.45, 7) is 5.52.